The van der Waals surface area contributed by atoms with E-state index in [4.69, 9.17) is 15.7 Å². The number of ether oxygens (including phenoxy) is 1. The molecule has 1 fully saturated rings. The molecule has 2 rings (SSSR count). The van der Waals surface area contributed by atoms with Crippen molar-refractivity contribution in [1.82, 2.24) is 0 Å². The summed E-state index contributed by atoms with van der Waals surface area (Å²) in [5.74, 6) is 0.578. The number of anilines is 1. The van der Waals surface area contributed by atoms with Gasteiger partial charge in [-0.05, 0) is 12.1 Å². The lowest BCUT2D eigenvalue weighted by molar-refractivity contribution is 0.0572. The zero-order valence-electron chi connectivity index (χ0n) is 10.5. The molecule has 0 amide bonds. The van der Waals surface area contributed by atoms with Crippen LogP contribution in [-0.4, -0.2) is 53.7 Å². The first-order chi connectivity index (χ1) is 9.06. The van der Waals surface area contributed by atoms with Crippen LogP contribution in [0.25, 0.3) is 0 Å². The molecule has 2 atom stereocenters. The number of rotatable bonds is 3. The van der Waals surface area contributed by atoms with Gasteiger partial charge in [-0.15, -0.1) is 0 Å². The van der Waals surface area contributed by atoms with Crippen LogP contribution in [0.3, 0.4) is 0 Å². The van der Waals surface area contributed by atoms with Crippen molar-refractivity contribution in [2.45, 2.75) is 12.2 Å². The number of nitrogens with zero attached hydrogens (tertiary/aromatic N) is 2. The summed E-state index contributed by atoms with van der Waals surface area (Å²) in [6.07, 6.45) is -1.63. The van der Waals surface area contributed by atoms with Crippen LogP contribution >= 0.6 is 0 Å². The minimum absolute atomic E-state index is 0.0338. The Morgan fingerprint density at radius 1 is 1.37 bits per heavy atom. The van der Waals surface area contributed by atoms with E-state index >= 15 is 0 Å². The second kappa shape index (κ2) is 5.33. The van der Waals surface area contributed by atoms with Crippen LogP contribution in [0, 0.1) is 0 Å². The number of aliphatic hydroxyl groups is 2. The standard InChI is InChI=1S/C12H17N3O4/c1-19-7-2-3-8(12(13)14-18)9(4-7)15-5-10(16)11(17)6-15/h2-4,10-11,16-18H,5-6H2,1H3,(H2,13,14). The van der Waals surface area contributed by atoms with Crippen LogP contribution in [0.4, 0.5) is 5.69 Å². The van der Waals surface area contributed by atoms with Gasteiger partial charge in [0.05, 0.1) is 25.0 Å². The third kappa shape index (κ3) is 2.56. The number of hydrogen-bond donors (Lipinski definition) is 4. The fourth-order valence-electron chi connectivity index (χ4n) is 2.14. The molecule has 1 aliphatic heterocycles. The van der Waals surface area contributed by atoms with Crippen LogP contribution in [0.15, 0.2) is 23.4 Å². The van der Waals surface area contributed by atoms with Crippen molar-refractivity contribution in [2.75, 3.05) is 25.1 Å². The first-order valence-electron chi connectivity index (χ1n) is 5.83. The van der Waals surface area contributed by atoms with Crippen molar-refractivity contribution in [1.29, 1.82) is 0 Å². The number of β-amino-alcohol motifs (C(OH)–C–C–N with tert-alkyl or cyclic N) is 2. The highest BCUT2D eigenvalue weighted by molar-refractivity contribution is 6.02. The minimum Gasteiger partial charge on any atom is -0.497 e. The fourth-order valence-corrected chi connectivity index (χ4v) is 2.14. The molecule has 1 heterocycles. The van der Waals surface area contributed by atoms with E-state index in [9.17, 15) is 10.2 Å². The first kappa shape index (κ1) is 13.4. The van der Waals surface area contributed by atoms with Crippen LogP contribution in [0.1, 0.15) is 5.56 Å². The van der Waals surface area contributed by atoms with Crippen LogP contribution in [0.2, 0.25) is 0 Å². The van der Waals surface area contributed by atoms with E-state index in [-0.39, 0.29) is 18.9 Å². The monoisotopic (exact) mass is 267 g/mol. The number of benzene rings is 1. The average Bonchev–Trinajstić information content (AvgIpc) is 2.77. The molecule has 0 saturated carbocycles. The van der Waals surface area contributed by atoms with Crippen molar-refractivity contribution >= 4 is 11.5 Å². The number of aliphatic hydroxyl groups excluding tert-OH is 2. The molecular formula is C12H17N3O4. The second-order valence-electron chi connectivity index (χ2n) is 4.41. The van der Waals surface area contributed by atoms with Crippen molar-refractivity contribution in [2.24, 2.45) is 10.9 Å². The van der Waals surface area contributed by atoms with Crippen molar-refractivity contribution < 1.29 is 20.2 Å². The summed E-state index contributed by atoms with van der Waals surface area (Å²) < 4.78 is 5.14. The highest BCUT2D eigenvalue weighted by Crippen LogP contribution is 2.29. The Bertz CT molecular complexity index is 482. The summed E-state index contributed by atoms with van der Waals surface area (Å²) >= 11 is 0. The van der Waals surface area contributed by atoms with E-state index in [0.29, 0.717) is 17.0 Å². The van der Waals surface area contributed by atoms with Gasteiger partial charge in [-0.1, -0.05) is 5.16 Å². The highest BCUT2D eigenvalue weighted by atomic mass is 16.5. The Labute approximate surface area is 110 Å². The topological polar surface area (TPSA) is 112 Å². The van der Waals surface area contributed by atoms with E-state index in [2.05, 4.69) is 5.16 Å². The first-order valence-corrected chi connectivity index (χ1v) is 5.83. The third-order valence-electron chi connectivity index (χ3n) is 3.19. The van der Waals surface area contributed by atoms with Gasteiger partial charge in [-0.3, -0.25) is 0 Å². The van der Waals surface area contributed by atoms with Crippen molar-refractivity contribution in [3.63, 3.8) is 0 Å². The highest BCUT2D eigenvalue weighted by Gasteiger charge is 2.31. The van der Waals surface area contributed by atoms with Gasteiger partial charge >= 0.3 is 0 Å². The number of amidine groups is 1. The number of methoxy groups -OCH3 is 1. The molecule has 0 bridgehead atoms. The Kier molecular flexibility index (Phi) is 3.77. The van der Waals surface area contributed by atoms with Gasteiger partial charge in [0.15, 0.2) is 5.84 Å². The molecule has 5 N–H and O–H groups in total. The molecule has 1 aromatic carbocycles. The molecule has 1 aliphatic rings. The zero-order valence-corrected chi connectivity index (χ0v) is 10.5. The second-order valence-corrected chi connectivity index (χ2v) is 4.41. The summed E-state index contributed by atoms with van der Waals surface area (Å²) in [5, 5.41) is 31.0. The van der Waals surface area contributed by atoms with Crippen molar-refractivity contribution in [3.8, 4) is 5.75 Å². The lowest BCUT2D eigenvalue weighted by Crippen LogP contribution is -2.25. The number of hydrogen-bond acceptors (Lipinski definition) is 6. The van der Waals surface area contributed by atoms with Gasteiger partial charge in [0.1, 0.15) is 5.75 Å². The molecule has 19 heavy (non-hydrogen) atoms. The maximum Gasteiger partial charge on any atom is 0.172 e. The molecular weight excluding hydrogens is 250 g/mol. The summed E-state index contributed by atoms with van der Waals surface area (Å²) in [7, 11) is 1.54. The maximum atomic E-state index is 9.61. The Morgan fingerprint density at radius 3 is 2.53 bits per heavy atom. The van der Waals surface area contributed by atoms with E-state index in [0.717, 1.165) is 0 Å². The summed E-state index contributed by atoms with van der Waals surface area (Å²) in [5.41, 5.74) is 6.79. The smallest absolute Gasteiger partial charge is 0.172 e. The molecule has 0 spiro atoms. The molecule has 0 aliphatic carbocycles. The largest absolute Gasteiger partial charge is 0.497 e. The van der Waals surface area contributed by atoms with E-state index in [1.165, 1.54) is 7.11 Å². The summed E-state index contributed by atoms with van der Waals surface area (Å²) in [4.78, 5) is 1.77. The SMILES string of the molecule is COc1ccc(/C(N)=N/O)c(N2CC(O)C(O)C2)c1. The average molecular weight is 267 g/mol. The van der Waals surface area contributed by atoms with Gasteiger partial charge in [0.25, 0.3) is 0 Å². The van der Waals surface area contributed by atoms with Crippen molar-refractivity contribution in [3.05, 3.63) is 23.8 Å². The van der Waals surface area contributed by atoms with Gasteiger partial charge in [-0.25, -0.2) is 0 Å². The summed E-state index contributed by atoms with van der Waals surface area (Å²) in [6, 6.07) is 5.08. The van der Waals surface area contributed by atoms with Crippen LogP contribution in [-0.2, 0) is 0 Å². The number of oxime groups is 1. The predicted octanol–water partition coefficient (Wildman–Crippen LogP) is -0.669. The Hall–Kier alpha value is -1.99. The molecule has 7 heteroatoms. The molecule has 104 valence electrons. The van der Waals surface area contributed by atoms with Gasteiger partial charge in [0, 0.05) is 24.7 Å². The Morgan fingerprint density at radius 2 is 2.00 bits per heavy atom. The third-order valence-corrected chi connectivity index (χ3v) is 3.19. The fraction of sp³-hybridized carbons (Fsp3) is 0.417. The number of nitrogens with two attached hydrogens (primary N) is 1. The van der Waals surface area contributed by atoms with Gasteiger partial charge < -0.3 is 30.8 Å². The summed E-state index contributed by atoms with van der Waals surface area (Å²) in [6.45, 7) is 0.556. The van der Waals surface area contributed by atoms with Crippen LogP contribution in [0.5, 0.6) is 5.75 Å². The lowest BCUT2D eigenvalue weighted by Gasteiger charge is -2.21. The quantitative estimate of drug-likeness (QED) is 0.250. The Balaban J connectivity index is 2.41. The van der Waals surface area contributed by atoms with E-state index in [1.807, 2.05) is 0 Å². The molecule has 0 aromatic heterocycles. The predicted molar refractivity (Wildman–Crippen MR) is 69.7 cm³/mol. The minimum atomic E-state index is -0.814. The zero-order chi connectivity index (χ0) is 14.0. The van der Waals surface area contributed by atoms with Gasteiger partial charge in [-0.2, -0.15) is 0 Å². The van der Waals surface area contributed by atoms with Gasteiger partial charge in [0.2, 0.25) is 0 Å². The normalized spacial score (nSPS) is 23.7. The molecule has 1 aromatic rings. The molecule has 7 nitrogen and oxygen atoms in total. The van der Waals surface area contributed by atoms with E-state index in [1.54, 1.807) is 23.1 Å². The maximum absolute atomic E-state index is 9.61. The molecule has 2 unspecified atom stereocenters. The van der Waals surface area contributed by atoms with E-state index < -0.39 is 12.2 Å². The molecule has 1 saturated heterocycles. The lowest BCUT2D eigenvalue weighted by atomic mass is 10.1. The molecule has 0 radical (unpaired) electrons. The van der Waals surface area contributed by atoms with Crippen LogP contribution < -0.4 is 15.4 Å².